The Bertz CT molecular complexity index is 784. The molecule has 2 aromatic carbocycles. The lowest BCUT2D eigenvalue weighted by molar-refractivity contribution is -0.139. The SMILES string of the molecule is CCNC(=O)[C@H](CC)N(Cc1ccc(F)cc1)C(=O)CSc1ccc(Cl)cc1. The minimum atomic E-state index is -0.580. The van der Waals surface area contributed by atoms with Gasteiger partial charge in [0.1, 0.15) is 11.9 Å². The molecule has 2 amide bonds. The van der Waals surface area contributed by atoms with E-state index in [0.717, 1.165) is 10.5 Å². The highest BCUT2D eigenvalue weighted by molar-refractivity contribution is 8.00. The molecule has 7 heteroatoms. The molecule has 0 aliphatic carbocycles. The van der Waals surface area contributed by atoms with Crippen LogP contribution in [0.5, 0.6) is 0 Å². The first-order chi connectivity index (χ1) is 13.4. The number of carbonyl (C=O) groups is 2. The molecule has 2 rings (SSSR count). The molecule has 150 valence electrons. The molecule has 0 bridgehead atoms. The molecule has 0 saturated heterocycles. The van der Waals surface area contributed by atoms with Crippen LogP contribution in [0.2, 0.25) is 5.02 Å². The van der Waals surface area contributed by atoms with Crippen molar-refractivity contribution in [3.8, 4) is 0 Å². The predicted octanol–water partition coefficient (Wildman–Crippen LogP) is 4.51. The molecule has 0 fully saturated rings. The van der Waals surface area contributed by atoms with Crippen molar-refractivity contribution in [2.45, 2.75) is 37.8 Å². The topological polar surface area (TPSA) is 49.4 Å². The van der Waals surface area contributed by atoms with Crippen LogP contribution in [0.15, 0.2) is 53.4 Å². The molecule has 0 aliphatic heterocycles. The van der Waals surface area contributed by atoms with Gasteiger partial charge in [0, 0.05) is 23.0 Å². The van der Waals surface area contributed by atoms with Gasteiger partial charge >= 0.3 is 0 Å². The van der Waals surface area contributed by atoms with Gasteiger partial charge in [0.25, 0.3) is 0 Å². The molecule has 0 radical (unpaired) electrons. The van der Waals surface area contributed by atoms with E-state index in [0.29, 0.717) is 18.0 Å². The van der Waals surface area contributed by atoms with Crippen LogP contribution < -0.4 is 5.32 Å². The number of amides is 2. The van der Waals surface area contributed by atoms with Gasteiger partial charge in [-0.15, -0.1) is 11.8 Å². The van der Waals surface area contributed by atoms with Crippen molar-refractivity contribution in [3.63, 3.8) is 0 Å². The van der Waals surface area contributed by atoms with Crippen molar-refractivity contribution in [1.29, 1.82) is 0 Å². The Morgan fingerprint density at radius 3 is 2.32 bits per heavy atom. The third-order valence-corrected chi connectivity index (χ3v) is 5.43. The summed E-state index contributed by atoms with van der Waals surface area (Å²) in [5.41, 5.74) is 0.772. The van der Waals surface area contributed by atoms with Crippen LogP contribution in [0.4, 0.5) is 4.39 Å². The first-order valence-corrected chi connectivity index (χ1v) is 10.5. The number of nitrogens with zero attached hydrogens (tertiary/aromatic N) is 1. The number of hydrogen-bond acceptors (Lipinski definition) is 3. The van der Waals surface area contributed by atoms with E-state index in [1.807, 2.05) is 26.0 Å². The maximum atomic E-state index is 13.2. The van der Waals surface area contributed by atoms with Crippen LogP contribution >= 0.6 is 23.4 Å². The van der Waals surface area contributed by atoms with E-state index >= 15 is 0 Å². The van der Waals surface area contributed by atoms with Gasteiger partial charge in [-0.1, -0.05) is 30.7 Å². The molecule has 2 aromatic rings. The predicted molar refractivity (Wildman–Crippen MR) is 112 cm³/mol. The number of thioether (sulfide) groups is 1. The summed E-state index contributed by atoms with van der Waals surface area (Å²) in [4.78, 5) is 28.0. The van der Waals surface area contributed by atoms with Gasteiger partial charge in [0.15, 0.2) is 0 Å². The lowest BCUT2D eigenvalue weighted by Gasteiger charge is -2.30. The molecule has 0 aromatic heterocycles. The quantitative estimate of drug-likeness (QED) is 0.604. The Labute approximate surface area is 174 Å². The number of halogens is 2. The maximum absolute atomic E-state index is 13.2. The van der Waals surface area contributed by atoms with E-state index in [-0.39, 0.29) is 29.9 Å². The van der Waals surface area contributed by atoms with Crippen molar-refractivity contribution in [3.05, 3.63) is 64.9 Å². The Morgan fingerprint density at radius 2 is 1.75 bits per heavy atom. The summed E-state index contributed by atoms with van der Waals surface area (Å²) >= 11 is 7.29. The van der Waals surface area contributed by atoms with Gasteiger partial charge in [-0.2, -0.15) is 0 Å². The van der Waals surface area contributed by atoms with E-state index in [4.69, 9.17) is 11.6 Å². The number of likely N-dealkylation sites (N-methyl/N-ethyl adjacent to an activating group) is 1. The second-order valence-corrected chi connectivity index (χ2v) is 7.69. The highest BCUT2D eigenvalue weighted by Crippen LogP contribution is 2.22. The molecule has 0 unspecified atom stereocenters. The second-order valence-electron chi connectivity index (χ2n) is 6.21. The van der Waals surface area contributed by atoms with E-state index in [1.54, 1.807) is 29.2 Å². The maximum Gasteiger partial charge on any atom is 0.242 e. The first kappa shape index (κ1) is 22.2. The summed E-state index contributed by atoms with van der Waals surface area (Å²) in [5, 5.41) is 3.43. The van der Waals surface area contributed by atoms with Gasteiger partial charge in [-0.3, -0.25) is 9.59 Å². The highest BCUT2D eigenvalue weighted by Gasteiger charge is 2.28. The highest BCUT2D eigenvalue weighted by atomic mass is 35.5. The lowest BCUT2D eigenvalue weighted by Crippen LogP contribution is -2.49. The Morgan fingerprint density at radius 1 is 1.11 bits per heavy atom. The molecule has 4 nitrogen and oxygen atoms in total. The number of benzene rings is 2. The fourth-order valence-electron chi connectivity index (χ4n) is 2.76. The normalized spacial score (nSPS) is 11.7. The van der Waals surface area contributed by atoms with Crippen molar-refractivity contribution >= 4 is 35.2 Å². The van der Waals surface area contributed by atoms with Crippen molar-refractivity contribution in [1.82, 2.24) is 10.2 Å². The van der Waals surface area contributed by atoms with Crippen LogP contribution in [0.3, 0.4) is 0 Å². The molecule has 1 atom stereocenters. The molecule has 28 heavy (non-hydrogen) atoms. The Kier molecular flexibility index (Phi) is 8.80. The minimum absolute atomic E-state index is 0.151. The summed E-state index contributed by atoms with van der Waals surface area (Å²) in [7, 11) is 0. The lowest BCUT2D eigenvalue weighted by atomic mass is 10.1. The second kappa shape index (κ2) is 11.1. The Balaban J connectivity index is 2.16. The van der Waals surface area contributed by atoms with E-state index in [1.165, 1.54) is 23.9 Å². The van der Waals surface area contributed by atoms with Crippen LogP contribution in [0, 0.1) is 5.82 Å². The van der Waals surface area contributed by atoms with Crippen LogP contribution in [0.25, 0.3) is 0 Å². The summed E-state index contributed by atoms with van der Waals surface area (Å²) in [6.07, 6.45) is 0.490. The molecular weight excluding hydrogens is 399 g/mol. The van der Waals surface area contributed by atoms with E-state index in [9.17, 15) is 14.0 Å². The van der Waals surface area contributed by atoms with Gasteiger partial charge in [-0.25, -0.2) is 4.39 Å². The van der Waals surface area contributed by atoms with Crippen LogP contribution in [-0.2, 0) is 16.1 Å². The molecule has 0 spiro atoms. The first-order valence-electron chi connectivity index (χ1n) is 9.14. The van der Waals surface area contributed by atoms with Crippen LogP contribution in [0.1, 0.15) is 25.8 Å². The summed E-state index contributed by atoms with van der Waals surface area (Å²) in [6.45, 7) is 4.45. The largest absolute Gasteiger partial charge is 0.355 e. The minimum Gasteiger partial charge on any atom is -0.355 e. The number of nitrogens with one attached hydrogen (secondary N) is 1. The zero-order chi connectivity index (χ0) is 20.5. The number of carbonyl (C=O) groups excluding carboxylic acids is 2. The molecule has 0 saturated carbocycles. The standard InChI is InChI=1S/C21H24ClFN2O2S/c1-3-19(21(27)24-4-2)25(13-15-5-9-17(23)10-6-15)20(26)14-28-18-11-7-16(22)8-12-18/h5-12,19H,3-4,13-14H2,1-2H3,(H,24,27)/t19-/m0/s1. The van der Waals surface area contributed by atoms with Crippen molar-refractivity contribution < 1.29 is 14.0 Å². The van der Waals surface area contributed by atoms with E-state index < -0.39 is 6.04 Å². The van der Waals surface area contributed by atoms with Gasteiger partial charge < -0.3 is 10.2 Å². The Hall–Kier alpha value is -2.05. The number of hydrogen-bond donors (Lipinski definition) is 1. The van der Waals surface area contributed by atoms with Gasteiger partial charge in [0.05, 0.1) is 5.75 Å². The summed E-state index contributed by atoms with van der Waals surface area (Å²) in [6, 6.07) is 12.6. The summed E-state index contributed by atoms with van der Waals surface area (Å²) in [5.74, 6) is -0.478. The average molecular weight is 423 g/mol. The number of rotatable bonds is 9. The van der Waals surface area contributed by atoms with Crippen molar-refractivity contribution in [2.75, 3.05) is 12.3 Å². The molecule has 0 aliphatic rings. The molecule has 0 heterocycles. The monoisotopic (exact) mass is 422 g/mol. The summed E-state index contributed by atoms with van der Waals surface area (Å²) < 4.78 is 13.2. The van der Waals surface area contributed by atoms with Gasteiger partial charge in [0.2, 0.25) is 11.8 Å². The van der Waals surface area contributed by atoms with Gasteiger partial charge in [-0.05, 0) is 55.3 Å². The van der Waals surface area contributed by atoms with E-state index in [2.05, 4.69) is 5.32 Å². The molecular formula is C21H24ClFN2O2S. The zero-order valence-corrected chi connectivity index (χ0v) is 17.5. The van der Waals surface area contributed by atoms with Crippen molar-refractivity contribution in [2.24, 2.45) is 0 Å². The fourth-order valence-corrected chi connectivity index (χ4v) is 3.67. The third-order valence-electron chi connectivity index (χ3n) is 4.18. The smallest absolute Gasteiger partial charge is 0.242 e. The fraction of sp³-hybridized carbons (Fsp3) is 0.333. The van der Waals surface area contributed by atoms with Crippen LogP contribution in [-0.4, -0.2) is 35.1 Å². The third kappa shape index (κ3) is 6.53. The molecule has 1 N–H and O–H groups in total. The zero-order valence-electron chi connectivity index (χ0n) is 16.0. The average Bonchev–Trinajstić information content (AvgIpc) is 2.69.